The molecule has 5 heteroatoms. The Bertz CT molecular complexity index is 795. The summed E-state index contributed by atoms with van der Waals surface area (Å²) >= 11 is 3.42. The first-order valence-electron chi connectivity index (χ1n) is 6.94. The van der Waals surface area contributed by atoms with Gasteiger partial charge in [-0.25, -0.2) is 0 Å². The van der Waals surface area contributed by atoms with Crippen LogP contribution >= 0.6 is 15.9 Å². The van der Waals surface area contributed by atoms with Crippen molar-refractivity contribution in [1.29, 1.82) is 0 Å². The number of rotatable bonds is 1. The van der Waals surface area contributed by atoms with Gasteiger partial charge in [-0.1, -0.05) is 34.1 Å². The van der Waals surface area contributed by atoms with Crippen LogP contribution in [0.4, 0.5) is 0 Å². The van der Waals surface area contributed by atoms with Crippen molar-refractivity contribution >= 4 is 38.4 Å². The summed E-state index contributed by atoms with van der Waals surface area (Å²) in [6.07, 6.45) is 4.89. The Morgan fingerprint density at radius 3 is 3.10 bits per heavy atom. The molecule has 2 heterocycles. The number of hydrogen-bond donors (Lipinski definition) is 2. The second-order valence-electron chi connectivity index (χ2n) is 5.94. The number of nitrogens with zero attached hydrogens (tertiary/aromatic N) is 1. The van der Waals surface area contributed by atoms with Crippen LogP contribution < -0.4 is 0 Å². The van der Waals surface area contributed by atoms with Crippen LogP contribution in [0.2, 0.25) is 0 Å². The predicted molar refractivity (Wildman–Crippen MR) is 85.7 cm³/mol. The molecule has 21 heavy (non-hydrogen) atoms. The number of halogens is 1. The maximum atomic E-state index is 11.6. The third-order valence-electron chi connectivity index (χ3n) is 4.62. The third kappa shape index (κ3) is 1.74. The second kappa shape index (κ2) is 4.21. The smallest absolute Gasteiger partial charge is 0.325 e. The van der Waals surface area contributed by atoms with Crippen LogP contribution in [0.1, 0.15) is 11.1 Å². The summed E-state index contributed by atoms with van der Waals surface area (Å²) in [6.45, 7) is 0.465. The minimum Gasteiger partial charge on any atom is -0.480 e. The Kier molecular flexibility index (Phi) is 2.63. The molecular formula is C16H15BrN2O2. The van der Waals surface area contributed by atoms with Gasteiger partial charge in [-0.05, 0) is 36.2 Å². The highest BCUT2D eigenvalue weighted by Gasteiger charge is 2.43. The third-order valence-corrected chi connectivity index (χ3v) is 5.44. The van der Waals surface area contributed by atoms with E-state index in [1.807, 2.05) is 19.2 Å². The van der Waals surface area contributed by atoms with Crippen LogP contribution in [0.15, 0.2) is 30.5 Å². The van der Waals surface area contributed by atoms with Crippen molar-refractivity contribution in [1.82, 2.24) is 9.88 Å². The molecule has 4 nitrogen and oxygen atoms in total. The highest BCUT2D eigenvalue weighted by molar-refractivity contribution is 9.10. The summed E-state index contributed by atoms with van der Waals surface area (Å²) in [5.74, 6) is -0.840. The summed E-state index contributed by atoms with van der Waals surface area (Å²) in [4.78, 5) is 17.1. The van der Waals surface area contributed by atoms with E-state index >= 15 is 0 Å². The van der Waals surface area contributed by atoms with E-state index in [0.29, 0.717) is 6.54 Å². The van der Waals surface area contributed by atoms with Gasteiger partial charge in [-0.3, -0.25) is 9.69 Å². The van der Waals surface area contributed by atoms with Crippen LogP contribution in [-0.2, 0) is 11.2 Å². The minimum absolute atomic E-state index is 0.240. The van der Waals surface area contributed by atoms with Gasteiger partial charge in [0.2, 0.25) is 0 Å². The molecule has 0 bridgehead atoms. The number of carboxylic acids is 1. The predicted octanol–water partition coefficient (Wildman–Crippen LogP) is 2.64. The van der Waals surface area contributed by atoms with Crippen molar-refractivity contribution < 1.29 is 9.90 Å². The van der Waals surface area contributed by atoms with Gasteiger partial charge in [0.1, 0.15) is 0 Å². The van der Waals surface area contributed by atoms with Gasteiger partial charge < -0.3 is 10.1 Å². The van der Waals surface area contributed by atoms with Crippen LogP contribution in [0.5, 0.6) is 0 Å². The number of hydrogen-bond acceptors (Lipinski definition) is 2. The summed E-state index contributed by atoms with van der Waals surface area (Å²) in [5.41, 5.74) is 4.69. The molecule has 1 aromatic carbocycles. The molecule has 1 aromatic heterocycles. The zero-order chi connectivity index (χ0) is 14.8. The van der Waals surface area contributed by atoms with Gasteiger partial charge >= 0.3 is 5.97 Å². The summed E-state index contributed by atoms with van der Waals surface area (Å²) in [6, 6.07) is 6.41. The normalized spacial score (nSPS) is 28.3. The van der Waals surface area contributed by atoms with Crippen molar-refractivity contribution in [3.05, 3.63) is 41.6 Å². The van der Waals surface area contributed by atoms with E-state index in [1.54, 1.807) is 0 Å². The van der Waals surface area contributed by atoms with Crippen molar-refractivity contribution in [3.63, 3.8) is 0 Å². The lowest BCUT2D eigenvalue weighted by molar-refractivity contribution is -0.138. The fraction of sp³-hybridized carbons (Fsp3) is 0.312. The number of benzene rings is 1. The number of carboxylic acid groups (broad SMARTS) is 1. The number of nitrogens with one attached hydrogen (secondary N) is 1. The van der Waals surface area contributed by atoms with Gasteiger partial charge in [0.25, 0.3) is 0 Å². The van der Waals surface area contributed by atoms with E-state index in [-0.39, 0.29) is 6.04 Å². The molecule has 0 fully saturated rings. The van der Waals surface area contributed by atoms with Crippen LogP contribution in [0.25, 0.3) is 16.5 Å². The number of H-pyrrole nitrogens is 1. The lowest BCUT2D eigenvalue weighted by Crippen LogP contribution is -2.51. The number of aromatic nitrogens is 1. The monoisotopic (exact) mass is 346 g/mol. The van der Waals surface area contributed by atoms with Crippen LogP contribution in [-0.4, -0.2) is 44.9 Å². The molecule has 0 amide bonds. The molecule has 0 radical (unpaired) electrons. The number of carbonyl (C=O) groups is 1. The molecule has 0 saturated heterocycles. The molecule has 2 N–H and O–H groups in total. The van der Waals surface area contributed by atoms with Crippen molar-refractivity contribution in [2.24, 2.45) is 0 Å². The van der Waals surface area contributed by atoms with E-state index < -0.39 is 10.3 Å². The molecule has 0 spiro atoms. The van der Waals surface area contributed by atoms with Gasteiger partial charge in [0.05, 0.1) is 0 Å². The molecule has 2 aromatic rings. The standard InChI is InChI=1S/C16H15BrN2O2/c1-19-8-16(17,15(20)21)6-11-10-3-2-4-12-14(10)9(7-18-12)5-13(11)19/h2-4,6-7,13,18H,5,8H2,1H3,(H,20,21)/t13-,16-/m1/s1. The lowest BCUT2D eigenvalue weighted by atomic mass is 9.80. The first-order valence-corrected chi connectivity index (χ1v) is 7.73. The minimum atomic E-state index is -1.01. The van der Waals surface area contributed by atoms with Crippen molar-refractivity contribution in [3.8, 4) is 0 Å². The topological polar surface area (TPSA) is 56.3 Å². The molecule has 0 unspecified atom stereocenters. The molecule has 108 valence electrons. The number of fused-ring (bicyclic) bond motifs is 2. The quantitative estimate of drug-likeness (QED) is 0.780. The Hall–Kier alpha value is -1.59. The first-order chi connectivity index (χ1) is 9.99. The van der Waals surface area contributed by atoms with Gasteiger partial charge in [-0.2, -0.15) is 0 Å². The first kappa shape index (κ1) is 13.1. The number of likely N-dealkylation sites (N-methyl/N-ethyl adjacent to an activating group) is 1. The SMILES string of the molecule is CN1C[C@@](Br)(C(=O)O)C=C2c3cccc4[nH]cc(c34)C[C@H]21. The Morgan fingerprint density at radius 2 is 2.33 bits per heavy atom. The van der Waals surface area contributed by atoms with Crippen LogP contribution in [0, 0.1) is 0 Å². The zero-order valence-corrected chi connectivity index (χ0v) is 13.1. The summed E-state index contributed by atoms with van der Waals surface area (Å²) in [5, 5.41) is 10.8. The summed E-state index contributed by atoms with van der Waals surface area (Å²) < 4.78 is -1.01. The molecule has 1 aliphatic heterocycles. The van der Waals surface area contributed by atoms with Gasteiger partial charge in [-0.15, -0.1) is 0 Å². The number of alkyl halides is 1. The van der Waals surface area contributed by atoms with E-state index in [0.717, 1.165) is 23.1 Å². The molecule has 2 atom stereocenters. The maximum absolute atomic E-state index is 11.6. The molecular weight excluding hydrogens is 332 g/mol. The van der Waals surface area contributed by atoms with Gasteiger partial charge in [0, 0.05) is 29.7 Å². The fourth-order valence-corrected chi connectivity index (χ4v) is 4.26. The van der Waals surface area contributed by atoms with Crippen molar-refractivity contribution in [2.45, 2.75) is 16.8 Å². The summed E-state index contributed by atoms with van der Waals surface area (Å²) in [7, 11) is 1.99. The lowest BCUT2D eigenvalue weighted by Gasteiger charge is -2.41. The molecule has 4 rings (SSSR count). The highest BCUT2D eigenvalue weighted by atomic mass is 79.9. The van der Waals surface area contributed by atoms with Gasteiger partial charge in [0.15, 0.2) is 4.32 Å². The molecule has 1 aliphatic carbocycles. The largest absolute Gasteiger partial charge is 0.480 e. The molecule has 0 saturated carbocycles. The highest BCUT2D eigenvalue weighted by Crippen LogP contribution is 2.43. The van der Waals surface area contributed by atoms with E-state index in [1.165, 1.54) is 10.9 Å². The average molecular weight is 347 g/mol. The fourth-order valence-electron chi connectivity index (χ4n) is 3.62. The van der Waals surface area contributed by atoms with Crippen molar-refractivity contribution in [2.75, 3.05) is 13.6 Å². The van der Waals surface area contributed by atoms with E-state index in [2.05, 4.69) is 44.1 Å². The second-order valence-corrected chi connectivity index (χ2v) is 7.36. The Morgan fingerprint density at radius 1 is 1.52 bits per heavy atom. The Labute approximate surface area is 130 Å². The number of aliphatic carboxylic acids is 1. The van der Waals surface area contributed by atoms with E-state index in [4.69, 9.17) is 0 Å². The zero-order valence-electron chi connectivity index (χ0n) is 11.6. The average Bonchev–Trinajstić information content (AvgIpc) is 2.85. The molecule has 2 aliphatic rings. The van der Waals surface area contributed by atoms with Crippen LogP contribution in [0.3, 0.4) is 0 Å². The Balaban J connectivity index is 2.00. The maximum Gasteiger partial charge on any atom is 0.325 e. The number of aromatic amines is 1. The van der Waals surface area contributed by atoms with E-state index in [9.17, 15) is 9.90 Å².